The Kier molecular flexibility index (Phi) is 3.58. The number of halogens is 1. The van der Waals surface area contributed by atoms with Gasteiger partial charge in [0.25, 0.3) is 10.0 Å². The Bertz CT molecular complexity index is 652. The number of sulfonamides is 1. The number of anilines is 1. The number of hydrogen-bond donors (Lipinski definition) is 2. The third-order valence-electron chi connectivity index (χ3n) is 2.38. The number of hydrogen-bond acceptors (Lipinski definition) is 3. The molecule has 0 aliphatic carbocycles. The van der Waals surface area contributed by atoms with Gasteiger partial charge in [-0.25, -0.2) is 8.42 Å². The molecule has 0 saturated heterocycles. The number of nitrogens with one attached hydrogen (secondary N) is 2. The molecular weight excluding hydrogens is 274 g/mol. The summed E-state index contributed by atoms with van der Waals surface area (Å²) in [6.07, 6.45) is 0.751. The van der Waals surface area contributed by atoms with E-state index < -0.39 is 10.0 Å². The maximum Gasteiger partial charge on any atom is 0.264 e. The number of benzene rings is 1. The van der Waals surface area contributed by atoms with Crippen molar-refractivity contribution in [1.82, 2.24) is 10.2 Å². The molecular formula is C11H12ClN3O2S. The van der Waals surface area contributed by atoms with E-state index in [0.717, 1.165) is 12.1 Å². The second kappa shape index (κ2) is 4.99. The third-order valence-corrected chi connectivity index (χ3v) is 4.23. The average molecular weight is 286 g/mol. The lowest BCUT2D eigenvalue weighted by molar-refractivity contribution is 0.601. The highest BCUT2D eigenvalue weighted by molar-refractivity contribution is 7.92. The molecule has 1 heterocycles. The largest absolute Gasteiger partial charge is 0.280 e. The van der Waals surface area contributed by atoms with Gasteiger partial charge in [0.05, 0.1) is 5.02 Å². The van der Waals surface area contributed by atoms with Crippen molar-refractivity contribution < 1.29 is 8.42 Å². The van der Waals surface area contributed by atoms with E-state index in [1.807, 2.05) is 6.92 Å². The Balaban J connectivity index is 2.30. The summed E-state index contributed by atoms with van der Waals surface area (Å²) in [5.41, 5.74) is 0.854. The first-order chi connectivity index (χ1) is 8.53. The molecule has 2 N–H and O–H groups in total. The van der Waals surface area contributed by atoms with Gasteiger partial charge in [-0.3, -0.25) is 9.82 Å². The Labute approximate surface area is 110 Å². The second-order valence-electron chi connectivity index (χ2n) is 3.67. The topological polar surface area (TPSA) is 74.8 Å². The van der Waals surface area contributed by atoms with E-state index in [1.54, 1.807) is 18.2 Å². The molecule has 1 aromatic carbocycles. The van der Waals surface area contributed by atoms with Crippen LogP contribution in [0.3, 0.4) is 0 Å². The van der Waals surface area contributed by atoms with Crippen LogP contribution >= 0.6 is 11.6 Å². The second-order valence-corrected chi connectivity index (χ2v) is 5.73. The molecule has 0 spiro atoms. The Morgan fingerprint density at radius 1 is 1.39 bits per heavy atom. The smallest absolute Gasteiger partial charge is 0.264 e. The Morgan fingerprint density at radius 3 is 2.72 bits per heavy atom. The molecule has 0 amide bonds. The fraction of sp³-hybridized carbons (Fsp3) is 0.182. The summed E-state index contributed by atoms with van der Waals surface area (Å²) in [5.74, 6) is 0.256. The van der Waals surface area contributed by atoms with Crippen LogP contribution < -0.4 is 4.72 Å². The van der Waals surface area contributed by atoms with Crippen molar-refractivity contribution in [2.75, 3.05) is 4.72 Å². The van der Waals surface area contributed by atoms with E-state index in [-0.39, 0.29) is 15.7 Å². The van der Waals surface area contributed by atoms with Crippen LogP contribution in [-0.4, -0.2) is 18.6 Å². The molecule has 0 aliphatic heterocycles. The number of H-pyrrole nitrogens is 1. The molecule has 7 heteroatoms. The molecule has 0 aliphatic rings. The highest BCUT2D eigenvalue weighted by Gasteiger charge is 2.18. The molecule has 18 heavy (non-hydrogen) atoms. The maximum absolute atomic E-state index is 12.1. The van der Waals surface area contributed by atoms with E-state index in [9.17, 15) is 8.42 Å². The van der Waals surface area contributed by atoms with E-state index in [2.05, 4.69) is 14.9 Å². The van der Waals surface area contributed by atoms with Gasteiger partial charge in [-0.2, -0.15) is 5.10 Å². The van der Waals surface area contributed by atoms with Gasteiger partial charge in [-0.1, -0.05) is 30.7 Å². The van der Waals surface area contributed by atoms with Crippen molar-refractivity contribution in [3.63, 3.8) is 0 Å². The van der Waals surface area contributed by atoms with Crippen molar-refractivity contribution in [3.8, 4) is 0 Å². The monoisotopic (exact) mass is 285 g/mol. The normalized spacial score (nSPS) is 11.4. The maximum atomic E-state index is 12.1. The summed E-state index contributed by atoms with van der Waals surface area (Å²) in [5, 5.41) is 6.78. The van der Waals surface area contributed by atoms with Crippen LogP contribution in [0.2, 0.25) is 5.02 Å². The lowest BCUT2D eigenvalue weighted by atomic mass is 10.3. The molecule has 0 fully saturated rings. The minimum absolute atomic E-state index is 0.0349. The molecule has 0 unspecified atom stereocenters. The van der Waals surface area contributed by atoms with Crippen molar-refractivity contribution in [2.45, 2.75) is 18.2 Å². The van der Waals surface area contributed by atoms with Gasteiger partial charge in [-0.05, 0) is 18.6 Å². The zero-order chi connectivity index (χ0) is 13.2. The van der Waals surface area contributed by atoms with E-state index in [1.165, 1.54) is 12.1 Å². The van der Waals surface area contributed by atoms with Crippen molar-refractivity contribution in [2.24, 2.45) is 0 Å². The summed E-state index contributed by atoms with van der Waals surface area (Å²) in [4.78, 5) is 0.0349. The standard InChI is InChI=1S/C11H12ClN3O2S/c1-2-8-7-11(14-13-8)15-18(16,17)10-6-4-3-5-9(10)12/h3-7H,2H2,1H3,(H2,13,14,15). The van der Waals surface area contributed by atoms with Crippen molar-refractivity contribution in [3.05, 3.63) is 41.0 Å². The van der Waals surface area contributed by atoms with Gasteiger partial charge >= 0.3 is 0 Å². The molecule has 1 aromatic heterocycles. The van der Waals surface area contributed by atoms with Crippen molar-refractivity contribution >= 4 is 27.4 Å². The van der Waals surface area contributed by atoms with Gasteiger partial charge < -0.3 is 0 Å². The zero-order valence-corrected chi connectivity index (χ0v) is 11.2. The van der Waals surface area contributed by atoms with Crippen LogP contribution in [0, 0.1) is 0 Å². The van der Waals surface area contributed by atoms with Gasteiger partial charge in [0.15, 0.2) is 5.82 Å². The first-order valence-corrected chi connectivity index (χ1v) is 7.20. The summed E-state index contributed by atoms with van der Waals surface area (Å²) >= 11 is 5.86. The minimum atomic E-state index is -3.70. The fourth-order valence-electron chi connectivity index (χ4n) is 1.45. The number of nitrogens with zero attached hydrogens (tertiary/aromatic N) is 1. The zero-order valence-electron chi connectivity index (χ0n) is 9.64. The van der Waals surface area contributed by atoms with Crippen LogP contribution in [0.15, 0.2) is 35.2 Å². The van der Waals surface area contributed by atoms with E-state index in [0.29, 0.717) is 0 Å². The minimum Gasteiger partial charge on any atom is -0.280 e. The molecule has 2 rings (SSSR count). The first-order valence-electron chi connectivity index (χ1n) is 5.34. The summed E-state index contributed by atoms with van der Waals surface area (Å²) in [7, 11) is -3.70. The molecule has 0 saturated carbocycles. The van der Waals surface area contributed by atoms with Gasteiger partial charge in [0, 0.05) is 11.8 Å². The van der Waals surface area contributed by atoms with Crippen LogP contribution in [-0.2, 0) is 16.4 Å². The molecule has 0 atom stereocenters. The molecule has 0 bridgehead atoms. The third kappa shape index (κ3) is 2.65. The van der Waals surface area contributed by atoms with Crippen LogP contribution in [0.25, 0.3) is 0 Å². The van der Waals surface area contributed by atoms with Crippen LogP contribution in [0.1, 0.15) is 12.6 Å². The van der Waals surface area contributed by atoms with Gasteiger partial charge in [0.1, 0.15) is 4.90 Å². The lowest BCUT2D eigenvalue weighted by Gasteiger charge is -2.06. The Morgan fingerprint density at radius 2 is 2.11 bits per heavy atom. The molecule has 0 radical (unpaired) electrons. The Hall–Kier alpha value is -1.53. The van der Waals surface area contributed by atoms with Crippen LogP contribution in [0.4, 0.5) is 5.82 Å². The first kappa shape index (κ1) is 12.9. The number of aromatic nitrogens is 2. The van der Waals surface area contributed by atoms with Gasteiger partial charge in [0.2, 0.25) is 0 Å². The fourth-order valence-corrected chi connectivity index (χ4v) is 2.96. The molecule has 2 aromatic rings. The number of aryl methyl sites for hydroxylation is 1. The summed E-state index contributed by atoms with van der Waals surface area (Å²) in [6.45, 7) is 1.94. The van der Waals surface area contributed by atoms with Crippen molar-refractivity contribution in [1.29, 1.82) is 0 Å². The molecule has 5 nitrogen and oxygen atoms in total. The summed E-state index contributed by atoms with van der Waals surface area (Å²) in [6, 6.07) is 7.90. The quantitative estimate of drug-likeness (QED) is 0.906. The average Bonchev–Trinajstić information content (AvgIpc) is 2.76. The lowest BCUT2D eigenvalue weighted by Crippen LogP contribution is -2.13. The SMILES string of the molecule is CCc1cc(NS(=O)(=O)c2ccccc2Cl)n[nH]1. The number of aromatic amines is 1. The summed E-state index contributed by atoms with van der Waals surface area (Å²) < 4.78 is 26.5. The highest BCUT2D eigenvalue weighted by Crippen LogP contribution is 2.22. The predicted octanol–water partition coefficient (Wildman–Crippen LogP) is 2.43. The van der Waals surface area contributed by atoms with E-state index >= 15 is 0 Å². The molecule has 96 valence electrons. The predicted molar refractivity (Wildman–Crippen MR) is 70.2 cm³/mol. The van der Waals surface area contributed by atoms with Crippen LogP contribution in [0.5, 0.6) is 0 Å². The number of rotatable bonds is 4. The van der Waals surface area contributed by atoms with E-state index in [4.69, 9.17) is 11.6 Å². The van der Waals surface area contributed by atoms with Gasteiger partial charge in [-0.15, -0.1) is 0 Å². The highest BCUT2D eigenvalue weighted by atomic mass is 35.5.